The predicted molar refractivity (Wildman–Crippen MR) is 172 cm³/mol. The van der Waals surface area contributed by atoms with Crippen molar-refractivity contribution in [3.63, 3.8) is 0 Å². The molecule has 0 fully saturated rings. The van der Waals surface area contributed by atoms with Crippen LogP contribution < -0.4 is 21.7 Å². The van der Waals surface area contributed by atoms with Crippen molar-refractivity contribution in [3.05, 3.63) is 131 Å². The van der Waals surface area contributed by atoms with Gasteiger partial charge in [0.15, 0.2) is 0 Å². The molecule has 7 N–H and O–H groups in total. The number of nitrogens with one attached hydrogen (secondary N) is 3. The summed E-state index contributed by atoms with van der Waals surface area (Å²) in [4.78, 5) is 29.4. The highest BCUT2D eigenvalue weighted by molar-refractivity contribution is 5.94. The molecule has 9 nitrogen and oxygen atoms in total. The molecule has 4 rings (SSSR count). The Hall–Kier alpha value is -4.57. The number of pyridine rings is 1. The lowest BCUT2D eigenvalue weighted by Crippen LogP contribution is -2.37. The van der Waals surface area contributed by atoms with Gasteiger partial charge in [0.2, 0.25) is 5.91 Å². The third kappa shape index (κ3) is 9.74. The van der Waals surface area contributed by atoms with Crippen molar-refractivity contribution in [2.45, 2.75) is 57.5 Å². The third-order valence-corrected chi connectivity index (χ3v) is 7.43. The number of nitrogen functional groups attached to an aromatic ring is 1. The number of carbonyl (C=O) groups excluding carboxylic acids is 2. The molecule has 0 aliphatic rings. The van der Waals surface area contributed by atoms with Crippen LogP contribution in [0, 0.1) is 0 Å². The van der Waals surface area contributed by atoms with E-state index in [1.54, 1.807) is 37.4 Å². The fraction of sp³-hybridized carbons (Fsp3) is 0.286. The fourth-order valence-electron chi connectivity index (χ4n) is 4.87. The lowest BCUT2D eigenvalue weighted by Gasteiger charge is -2.20. The minimum absolute atomic E-state index is 0.0981. The molecule has 0 radical (unpaired) electrons. The summed E-state index contributed by atoms with van der Waals surface area (Å²) in [5, 5.41) is 30.1. The van der Waals surface area contributed by atoms with E-state index in [9.17, 15) is 19.8 Å². The van der Waals surface area contributed by atoms with Gasteiger partial charge in [-0.2, -0.15) is 0 Å². The van der Waals surface area contributed by atoms with Crippen LogP contribution in [-0.4, -0.2) is 45.6 Å². The van der Waals surface area contributed by atoms with E-state index in [2.05, 4.69) is 27.9 Å². The predicted octanol–water partition coefficient (Wildman–Crippen LogP) is 3.63. The summed E-state index contributed by atoms with van der Waals surface area (Å²) in [6.07, 6.45) is 1.08. The zero-order valence-corrected chi connectivity index (χ0v) is 25.1. The highest BCUT2D eigenvalue weighted by Gasteiger charge is 2.19. The number of carbonyl (C=O) groups is 2. The van der Waals surface area contributed by atoms with Gasteiger partial charge in [0.25, 0.3) is 5.91 Å². The van der Waals surface area contributed by atoms with Gasteiger partial charge in [-0.15, -0.1) is 0 Å². The van der Waals surface area contributed by atoms with Crippen LogP contribution >= 0.6 is 0 Å². The Morgan fingerprint density at radius 2 is 1.57 bits per heavy atom. The van der Waals surface area contributed by atoms with Crippen LogP contribution in [0.3, 0.4) is 0 Å². The maximum atomic E-state index is 12.7. The first-order chi connectivity index (χ1) is 21.2. The number of benzene rings is 3. The molecular weight excluding hydrogens is 554 g/mol. The van der Waals surface area contributed by atoms with Gasteiger partial charge in [-0.05, 0) is 60.7 Å². The van der Waals surface area contributed by atoms with Gasteiger partial charge in [-0.3, -0.25) is 9.59 Å². The standard InChI is InChI=1S/C35H41N5O4/c1-23(37-22-31(41)30-15-16-32(36)38-21-30)17-26-7-6-8-27(18-26)19-33(42)39-20-25-11-13-29(14-12-25)35(44)40-24(2)34(43)28-9-4-3-5-10-28/h3-16,18,21,23-24,31,34,37,41,43H,17,19-20,22H2,1-2H3,(H2,36,38)(H,39,42)(H,40,44)/t23?,24-,31+,34+/m0/s1. The van der Waals surface area contributed by atoms with E-state index in [0.717, 1.165) is 28.7 Å². The number of aliphatic hydroxyl groups is 2. The fourth-order valence-corrected chi connectivity index (χ4v) is 4.87. The lowest BCUT2D eigenvalue weighted by molar-refractivity contribution is -0.120. The summed E-state index contributed by atoms with van der Waals surface area (Å²) in [5.41, 5.74) is 10.4. The van der Waals surface area contributed by atoms with Crippen LogP contribution in [0.1, 0.15) is 64.2 Å². The smallest absolute Gasteiger partial charge is 0.251 e. The van der Waals surface area contributed by atoms with Gasteiger partial charge in [0, 0.05) is 36.5 Å². The molecule has 0 aliphatic carbocycles. The van der Waals surface area contributed by atoms with Crippen LogP contribution in [-0.2, 0) is 24.2 Å². The van der Waals surface area contributed by atoms with Crippen molar-refractivity contribution in [2.24, 2.45) is 0 Å². The molecule has 1 unspecified atom stereocenters. The number of aliphatic hydroxyl groups excluding tert-OH is 2. The number of rotatable bonds is 14. The molecule has 4 aromatic rings. The summed E-state index contributed by atoms with van der Waals surface area (Å²) in [7, 11) is 0. The molecule has 230 valence electrons. The van der Waals surface area contributed by atoms with Gasteiger partial charge >= 0.3 is 0 Å². The molecule has 2 amide bonds. The minimum atomic E-state index is -0.812. The summed E-state index contributed by atoms with van der Waals surface area (Å²) in [6, 6.07) is 27.3. The maximum absolute atomic E-state index is 12.7. The van der Waals surface area contributed by atoms with E-state index in [4.69, 9.17) is 5.73 Å². The summed E-state index contributed by atoms with van der Waals surface area (Å²) in [6.45, 7) is 4.55. The highest BCUT2D eigenvalue weighted by atomic mass is 16.3. The summed E-state index contributed by atoms with van der Waals surface area (Å²) in [5.74, 6) is 0.0422. The second-order valence-corrected chi connectivity index (χ2v) is 11.1. The van der Waals surface area contributed by atoms with Gasteiger partial charge in [-0.1, -0.05) is 72.8 Å². The zero-order chi connectivity index (χ0) is 31.5. The molecule has 1 heterocycles. The average molecular weight is 596 g/mol. The third-order valence-electron chi connectivity index (χ3n) is 7.43. The number of hydrogen-bond acceptors (Lipinski definition) is 7. The number of nitrogens with two attached hydrogens (primary N) is 1. The second-order valence-electron chi connectivity index (χ2n) is 11.1. The van der Waals surface area contributed by atoms with Gasteiger partial charge in [0.1, 0.15) is 5.82 Å². The van der Waals surface area contributed by atoms with Gasteiger partial charge < -0.3 is 31.9 Å². The molecular formula is C35H41N5O4. The van der Waals surface area contributed by atoms with Crippen LogP contribution in [0.5, 0.6) is 0 Å². The first-order valence-corrected chi connectivity index (χ1v) is 14.8. The van der Waals surface area contributed by atoms with Crippen LogP contribution in [0.2, 0.25) is 0 Å². The lowest BCUT2D eigenvalue weighted by atomic mass is 10.0. The van der Waals surface area contributed by atoms with E-state index in [1.807, 2.05) is 66.7 Å². The van der Waals surface area contributed by atoms with Gasteiger partial charge in [0.05, 0.1) is 24.7 Å². The first-order valence-electron chi connectivity index (χ1n) is 14.8. The Labute approximate surface area is 258 Å². The quantitative estimate of drug-likeness (QED) is 0.130. The second kappa shape index (κ2) is 15.8. The van der Waals surface area contributed by atoms with Crippen LogP contribution in [0.25, 0.3) is 0 Å². The molecule has 4 atom stereocenters. The van der Waals surface area contributed by atoms with E-state index >= 15 is 0 Å². The first kappa shape index (κ1) is 32.3. The van der Waals surface area contributed by atoms with E-state index in [0.29, 0.717) is 30.0 Å². The number of hydrogen-bond donors (Lipinski definition) is 6. The number of amides is 2. The SMILES string of the molecule is CC(Cc1cccc(CC(=O)NCc2ccc(C(=O)N[C@@H](C)[C@@H](O)c3ccccc3)cc2)c1)NC[C@@H](O)c1ccc(N)nc1. The molecule has 0 bridgehead atoms. The monoisotopic (exact) mass is 595 g/mol. The minimum Gasteiger partial charge on any atom is -0.387 e. The Morgan fingerprint density at radius 3 is 2.27 bits per heavy atom. The molecule has 0 spiro atoms. The maximum Gasteiger partial charge on any atom is 0.251 e. The van der Waals surface area contributed by atoms with E-state index in [-0.39, 0.29) is 24.3 Å². The van der Waals surface area contributed by atoms with Crippen molar-refractivity contribution in [1.82, 2.24) is 20.9 Å². The van der Waals surface area contributed by atoms with Crippen LogP contribution in [0.15, 0.2) is 97.2 Å². The molecule has 0 aliphatic heterocycles. The van der Waals surface area contributed by atoms with Crippen molar-refractivity contribution >= 4 is 17.6 Å². The summed E-state index contributed by atoms with van der Waals surface area (Å²) < 4.78 is 0. The molecule has 0 saturated carbocycles. The van der Waals surface area contributed by atoms with Crippen molar-refractivity contribution in [2.75, 3.05) is 12.3 Å². The molecule has 0 saturated heterocycles. The molecule has 44 heavy (non-hydrogen) atoms. The number of anilines is 1. The molecule has 1 aromatic heterocycles. The van der Waals surface area contributed by atoms with E-state index < -0.39 is 18.2 Å². The Balaban J connectivity index is 1.20. The molecule has 9 heteroatoms. The molecule has 3 aromatic carbocycles. The van der Waals surface area contributed by atoms with Crippen molar-refractivity contribution < 1.29 is 19.8 Å². The van der Waals surface area contributed by atoms with Crippen molar-refractivity contribution in [1.29, 1.82) is 0 Å². The summed E-state index contributed by atoms with van der Waals surface area (Å²) >= 11 is 0. The Bertz CT molecular complexity index is 1500. The van der Waals surface area contributed by atoms with Crippen LogP contribution in [0.4, 0.5) is 5.82 Å². The largest absolute Gasteiger partial charge is 0.387 e. The number of nitrogens with zero attached hydrogens (tertiary/aromatic N) is 1. The Kier molecular flexibility index (Phi) is 11.6. The topological polar surface area (TPSA) is 150 Å². The number of aromatic nitrogens is 1. The van der Waals surface area contributed by atoms with Crippen molar-refractivity contribution in [3.8, 4) is 0 Å². The highest BCUT2D eigenvalue weighted by Crippen LogP contribution is 2.17. The van der Waals surface area contributed by atoms with E-state index in [1.165, 1.54) is 0 Å². The Morgan fingerprint density at radius 1 is 0.841 bits per heavy atom. The zero-order valence-electron chi connectivity index (χ0n) is 25.1. The van der Waals surface area contributed by atoms with Gasteiger partial charge in [-0.25, -0.2) is 4.98 Å². The normalized spacial score (nSPS) is 13.8. The average Bonchev–Trinajstić information content (AvgIpc) is 3.03.